The van der Waals surface area contributed by atoms with Crippen LogP contribution in [0.2, 0.25) is 0 Å². The first-order chi connectivity index (χ1) is 18.8. The lowest BCUT2D eigenvalue weighted by atomic mass is 9.76. The SMILES string of the molecule is Cc1ncc(-c2nc([C@@H]3CCCC[C@H]3C(=O)NC3(C#N)CC3)c(-c3ccc(N4CCS(=O)(=O)CC4)cc3)s2)s1. The number of nitriles is 1. The van der Waals surface area contributed by atoms with Gasteiger partial charge in [0.2, 0.25) is 5.91 Å². The lowest BCUT2D eigenvalue weighted by Crippen LogP contribution is -2.42. The molecule has 8 nitrogen and oxygen atoms in total. The zero-order chi connectivity index (χ0) is 27.2. The molecule has 1 aliphatic heterocycles. The number of amides is 1. The van der Waals surface area contributed by atoms with Crippen molar-refractivity contribution in [1.29, 1.82) is 5.26 Å². The third-order valence-electron chi connectivity index (χ3n) is 8.10. The molecule has 3 heterocycles. The van der Waals surface area contributed by atoms with Gasteiger partial charge in [0.1, 0.15) is 10.5 Å². The number of hydrogen-bond acceptors (Lipinski definition) is 9. The second kappa shape index (κ2) is 10.3. The molecule has 1 saturated heterocycles. The maximum atomic E-state index is 13.4. The number of hydrogen-bond donors (Lipinski definition) is 1. The van der Waals surface area contributed by atoms with E-state index in [4.69, 9.17) is 4.98 Å². The van der Waals surface area contributed by atoms with E-state index in [-0.39, 0.29) is 29.2 Å². The van der Waals surface area contributed by atoms with Gasteiger partial charge in [0.05, 0.1) is 38.0 Å². The van der Waals surface area contributed by atoms with Crippen molar-refractivity contribution in [3.63, 3.8) is 0 Å². The monoisotopic (exact) mass is 581 g/mol. The predicted octanol–water partition coefficient (Wildman–Crippen LogP) is 4.92. The molecule has 3 fully saturated rings. The molecule has 39 heavy (non-hydrogen) atoms. The molecule has 0 bridgehead atoms. The number of carbonyl (C=O) groups excluding carboxylic acids is 1. The number of sulfone groups is 1. The molecule has 0 spiro atoms. The fourth-order valence-corrected chi connectivity index (χ4v) is 8.80. The van der Waals surface area contributed by atoms with E-state index in [1.807, 2.05) is 13.1 Å². The Morgan fingerprint density at radius 2 is 1.85 bits per heavy atom. The topological polar surface area (TPSA) is 116 Å². The number of benzene rings is 1. The van der Waals surface area contributed by atoms with Crippen LogP contribution in [0.5, 0.6) is 0 Å². The normalized spacial score (nSPS) is 23.6. The molecule has 3 aromatic rings. The predicted molar refractivity (Wildman–Crippen MR) is 155 cm³/mol. The molecule has 1 aromatic carbocycles. The van der Waals surface area contributed by atoms with Crippen LogP contribution in [-0.2, 0) is 14.6 Å². The summed E-state index contributed by atoms with van der Waals surface area (Å²) in [6.45, 7) is 3.00. The highest BCUT2D eigenvalue weighted by atomic mass is 32.2. The van der Waals surface area contributed by atoms with Crippen LogP contribution in [0.25, 0.3) is 20.3 Å². The zero-order valence-corrected chi connectivity index (χ0v) is 24.3. The number of carbonyl (C=O) groups is 1. The van der Waals surface area contributed by atoms with E-state index < -0.39 is 15.4 Å². The van der Waals surface area contributed by atoms with Crippen molar-refractivity contribution >= 4 is 44.1 Å². The van der Waals surface area contributed by atoms with Gasteiger partial charge in [-0.3, -0.25) is 4.79 Å². The number of thiazole rings is 2. The number of aromatic nitrogens is 2. The maximum absolute atomic E-state index is 13.4. The average Bonchev–Trinajstić information content (AvgIpc) is 3.35. The number of nitrogens with one attached hydrogen (secondary N) is 1. The van der Waals surface area contributed by atoms with Gasteiger partial charge in [0.15, 0.2) is 9.84 Å². The number of rotatable bonds is 6. The Kier molecular flexibility index (Phi) is 6.98. The molecule has 0 unspecified atom stereocenters. The van der Waals surface area contributed by atoms with Crippen LogP contribution in [-0.4, -0.2) is 54.4 Å². The molecule has 11 heteroatoms. The van der Waals surface area contributed by atoms with E-state index in [0.29, 0.717) is 13.1 Å². The van der Waals surface area contributed by atoms with Gasteiger partial charge < -0.3 is 10.2 Å². The van der Waals surface area contributed by atoms with E-state index in [9.17, 15) is 18.5 Å². The summed E-state index contributed by atoms with van der Waals surface area (Å²) in [7, 11) is -2.94. The highest BCUT2D eigenvalue weighted by molar-refractivity contribution is 7.91. The minimum Gasteiger partial charge on any atom is -0.369 e. The van der Waals surface area contributed by atoms with E-state index in [0.717, 1.165) is 75.2 Å². The van der Waals surface area contributed by atoms with Gasteiger partial charge in [-0.2, -0.15) is 5.26 Å². The summed E-state index contributed by atoms with van der Waals surface area (Å²) >= 11 is 3.26. The van der Waals surface area contributed by atoms with Gasteiger partial charge in [-0.05, 0) is 50.3 Å². The van der Waals surface area contributed by atoms with Crippen LogP contribution in [0.1, 0.15) is 55.1 Å². The van der Waals surface area contributed by atoms with Gasteiger partial charge in [-0.25, -0.2) is 18.4 Å². The van der Waals surface area contributed by atoms with Crippen molar-refractivity contribution in [2.45, 2.75) is 56.9 Å². The molecule has 1 N–H and O–H groups in total. The molecule has 6 rings (SSSR count). The molecule has 2 aliphatic carbocycles. The largest absolute Gasteiger partial charge is 0.369 e. The standard InChI is InChI=1S/C28H31N5O3S3/c1-18-30-16-23(37-18)27-31-24(21-4-2-3-5-22(21)26(34)32-28(17-29)10-11-28)25(38-27)19-6-8-20(9-7-19)33-12-14-39(35,36)15-13-33/h6-9,16,21-22H,2-5,10-15H2,1H3,(H,32,34)/t21-,22-/m1/s1. The quantitative estimate of drug-likeness (QED) is 0.439. The van der Waals surface area contributed by atoms with Crippen molar-refractivity contribution < 1.29 is 13.2 Å². The van der Waals surface area contributed by atoms with E-state index in [1.165, 1.54) is 0 Å². The smallest absolute Gasteiger partial charge is 0.225 e. The third-order valence-corrected chi connectivity index (χ3v) is 11.9. The Bertz CT molecular complexity index is 1520. The maximum Gasteiger partial charge on any atom is 0.225 e. The molecular weight excluding hydrogens is 551 g/mol. The van der Waals surface area contributed by atoms with Gasteiger partial charge in [-0.1, -0.05) is 25.0 Å². The molecule has 2 saturated carbocycles. The second-order valence-electron chi connectivity index (χ2n) is 10.8. The van der Waals surface area contributed by atoms with Crippen LogP contribution >= 0.6 is 22.7 Å². The molecule has 0 radical (unpaired) electrons. The van der Waals surface area contributed by atoms with Crippen LogP contribution in [0.15, 0.2) is 30.5 Å². The van der Waals surface area contributed by atoms with Crippen LogP contribution in [0.4, 0.5) is 5.69 Å². The van der Waals surface area contributed by atoms with Gasteiger partial charge >= 0.3 is 0 Å². The van der Waals surface area contributed by atoms with E-state index in [1.54, 1.807) is 22.7 Å². The summed E-state index contributed by atoms with van der Waals surface area (Å²) < 4.78 is 23.7. The fraction of sp³-hybridized carbons (Fsp3) is 0.500. The minimum absolute atomic E-state index is 0.0192. The number of anilines is 1. The number of nitrogens with zero attached hydrogens (tertiary/aromatic N) is 4. The van der Waals surface area contributed by atoms with Crippen LogP contribution < -0.4 is 10.2 Å². The summed E-state index contributed by atoms with van der Waals surface area (Å²) in [6.07, 6.45) is 7.03. The Balaban J connectivity index is 1.34. The van der Waals surface area contributed by atoms with Crippen molar-refractivity contribution in [3.05, 3.63) is 41.2 Å². The molecule has 3 aliphatic rings. The Labute approximate surface area is 237 Å². The first kappa shape index (κ1) is 26.4. The molecule has 2 aromatic heterocycles. The first-order valence-electron chi connectivity index (χ1n) is 13.5. The van der Waals surface area contributed by atoms with Crippen LogP contribution in [0, 0.1) is 24.2 Å². The highest BCUT2D eigenvalue weighted by Crippen LogP contribution is 2.47. The lowest BCUT2D eigenvalue weighted by molar-refractivity contribution is -0.127. The Morgan fingerprint density at radius 1 is 1.13 bits per heavy atom. The molecule has 204 valence electrons. The summed E-state index contributed by atoms with van der Waals surface area (Å²) in [5.41, 5.74) is 2.33. The van der Waals surface area contributed by atoms with E-state index in [2.05, 4.69) is 45.5 Å². The summed E-state index contributed by atoms with van der Waals surface area (Å²) in [4.78, 5) is 27.2. The highest BCUT2D eigenvalue weighted by Gasteiger charge is 2.47. The minimum atomic E-state index is -2.94. The summed E-state index contributed by atoms with van der Waals surface area (Å²) in [5.74, 6) is 0.112. The van der Waals surface area contributed by atoms with Crippen molar-refractivity contribution in [2.24, 2.45) is 5.92 Å². The Morgan fingerprint density at radius 3 is 2.49 bits per heavy atom. The number of aryl methyl sites for hydroxylation is 1. The van der Waals surface area contributed by atoms with Crippen molar-refractivity contribution in [2.75, 3.05) is 29.5 Å². The average molecular weight is 582 g/mol. The second-order valence-corrected chi connectivity index (χ2v) is 15.4. The third kappa shape index (κ3) is 5.47. The van der Waals surface area contributed by atoms with Crippen LogP contribution in [0.3, 0.4) is 0 Å². The van der Waals surface area contributed by atoms with Crippen molar-refractivity contribution in [3.8, 4) is 26.4 Å². The van der Waals surface area contributed by atoms with E-state index >= 15 is 0 Å². The lowest BCUT2D eigenvalue weighted by Gasteiger charge is -2.31. The summed E-state index contributed by atoms with van der Waals surface area (Å²) in [5, 5.41) is 14.5. The van der Waals surface area contributed by atoms with Gasteiger partial charge in [0, 0.05) is 36.8 Å². The van der Waals surface area contributed by atoms with Gasteiger partial charge in [-0.15, -0.1) is 22.7 Å². The first-order valence-corrected chi connectivity index (χ1v) is 16.9. The van der Waals surface area contributed by atoms with Crippen molar-refractivity contribution in [1.82, 2.24) is 15.3 Å². The molecule has 1 amide bonds. The summed E-state index contributed by atoms with van der Waals surface area (Å²) in [6, 6.07) is 10.6. The fourth-order valence-electron chi connectivity index (χ4n) is 5.64. The molecule has 2 atom stereocenters. The molecular formula is C28H31N5O3S3. The van der Waals surface area contributed by atoms with Gasteiger partial charge in [0.25, 0.3) is 0 Å². The Hall–Kier alpha value is -2.81. The zero-order valence-electron chi connectivity index (χ0n) is 21.9.